The van der Waals surface area contributed by atoms with Gasteiger partial charge in [0.15, 0.2) is 0 Å². The molecule has 0 spiro atoms. The quantitative estimate of drug-likeness (QED) is 0.799. The summed E-state index contributed by atoms with van der Waals surface area (Å²) < 4.78 is 2.23. The zero-order chi connectivity index (χ0) is 18.2. The molecule has 2 N–H and O–H groups in total. The number of hydrogen-bond acceptors (Lipinski definition) is 5. The van der Waals surface area contributed by atoms with Crippen LogP contribution >= 0.6 is 12.2 Å². The minimum absolute atomic E-state index is 0.126. The van der Waals surface area contributed by atoms with Crippen molar-refractivity contribution >= 4 is 12.2 Å². The molecule has 0 radical (unpaired) electrons. The third-order valence-corrected chi connectivity index (χ3v) is 6.03. The van der Waals surface area contributed by atoms with Gasteiger partial charge in [-0.2, -0.15) is 0 Å². The van der Waals surface area contributed by atoms with E-state index in [-0.39, 0.29) is 11.3 Å². The second kappa shape index (κ2) is 6.61. The Kier molecular flexibility index (Phi) is 4.81. The molecule has 0 saturated heterocycles. The summed E-state index contributed by atoms with van der Waals surface area (Å²) in [4.78, 5) is 13.0. The number of rotatable bonds is 5. The van der Waals surface area contributed by atoms with E-state index in [0.29, 0.717) is 17.2 Å². The zero-order valence-electron chi connectivity index (χ0n) is 15.4. The van der Waals surface area contributed by atoms with E-state index in [9.17, 15) is 5.11 Å². The molecule has 0 aromatic carbocycles. The number of aliphatic hydroxyl groups is 1. The van der Waals surface area contributed by atoms with Gasteiger partial charge in [-0.1, -0.05) is 27.7 Å². The van der Waals surface area contributed by atoms with E-state index in [0.717, 1.165) is 30.7 Å². The van der Waals surface area contributed by atoms with Crippen LogP contribution < -0.4 is 0 Å². The molecule has 2 aromatic rings. The summed E-state index contributed by atoms with van der Waals surface area (Å²) in [5.41, 5.74) is 0.00355. The van der Waals surface area contributed by atoms with Crippen LogP contribution in [0.25, 0.3) is 0 Å². The van der Waals surface area contributed by atoms with E-state index in [2.05, 4.69) is 47.7 Å². The second-order valence-electron chi connectivity index (χ2n) is 8.11. The molecule has 1 fully saturated rings. The average molecular weight is 362 g/mol. The molecule has 1 aliphatic carbocycles. The molecule has 3 rings (SSSR count). The standard InChI is InChI=1S/C18H27N5OS/c1-12(2)15-19-8-13(9-20-15)7-14-5-6-17(3,4)18(14,24)10-23-16(25)21-11-22-23/h8-9,11-12,14,24H,5-7,10H2,1-4H3,(H,21,22,25). The molecule has 6 nitrogen and oxygen atoms in total. The summed E-state index contributed by atoms with van der Waals surface area (Å²) in [5, 5.41) is 14.6. The average Bonchev–Trinajstić information content (AvgIpc) is 3.04. The molecule has 2 unspecified atom stereocenters. The zero-order valence-corrected chi connectivity index (χ0v) is 16.2. The van der Waals surface area contributed by atoms with Crippen LogP contribution in [0.2, 0.25) is 0 Å². The Hall–Kier alpha value is -1.60. The molecule has 7 heteroatoms. The Balaban J connectivity index is 1.84. The monoisotopic (exact) mass is 361 g/mol. The molecule has 2 heterocycles. The number of nitrogens with one attached hydrogen (secondary N) is 1. The van der Waals surface area contributed by atoms with Gasteiger partial charge in [-0.3, -0.25) is 9.78 Å². The largest absolute Gasteiger partial charge is 0.387 e. The number of H-pyrrole nitrogens is 1. The highest BCUT2D eigenvalue weighted by Crippen LogP contribution is 2.51. The lowest BCUT2D eigenvalue weighted by atomic mass is 9.72. The Morgan fingerprint density at radius 1 is 1.32 bits per heavy atom. The summed E-state index contributed by atoms with van der Waals surface area (Å²) in [6.45, 7) is 8.85. The predicted octanol–water partition coefficient (Wildman–Crippen LogP) is 3.26. The number of hydrogen-bond donors (Lipinski definition) is 2. The van der Waals surface area contributed by atoms with Gasteiger partial charge in [0, 0.05) is 18.3 Å². The van der Waals surface area contributed by atoms with Crippen molar-refractivity contribution in [2.45, 2.75) is 65.0 Å². The first-order valence-corrected chi connectivity index (χ1v) is 9.27. The van der Waals surface area contributed by atoms with Crippen LogP contribution in [0.4, 0.5) is 0 Å². The first-order valence-electron chi connectivity index (χ1n) is 8.86. The minimum Gasteiger partial charge on any atom is -0.387 e. The summed E-state index contributed by atoms with van der Waals surface area (Å²) in [7, 11) is 0. The van der Waals surface area contributed by atoms with Gasteiger partial charge in [-0.25, -0.2) is 15.0 Å². The lowest BCUT2D eigenvalue weighted by Gasteiger charge is -2.40. The van der Waals surface area contributed by atoms with E-state index in [4.69, 9.17) is 12.2 Å². The van der Waals surface area contributed by atoms with Gasteiger partial charge >= 0.3 is 0 Å². The van der Waals surface area contributed by atoms with Gasteiger partial charge in [0.05, 0.1) is 12.1 Å². The third kappa shape index (κ3) is 3.40. The highest BCUT2D eigenvalue weighted by Gasteiger charge is 2.54. The second-order valence-corrected chi connectivity index (χ2v) is 8.47. The topological polar surface area (TPSA) is 79.6 Å². The fourth-order valence-electron chi connectivity index (χ4n) is 3.84. The van der Waals surface area contributed by atoms with Crippen molar-refractivity contribution in [3.05, 3.63) is 34.9 Å². The van der Waals surface area contributed by atoms with E-state index in [1.165, 1.54) is 0 Å². The van der Waals surface area contributed by atoms with Gasteiger partial charge in [0.1, 0.15) is 12.2 Å². The SMILES string of the molecule is CC(C)c1ncc(CC2CCC(C)(C)C2(O)Cn2[nH]cnc2=S)cn1. The van der Waals surface area contributed by atoms with Crippen molar-refractivity contribution < 1.29 is 5.11 Å². The minimum atomic E-state index is -0.867. The maximum absolute atomic E-state index is 11.6. The normalized spacial score (nSPS) is 25.6. The fraction of sp³-hybridized carbons (Fsp3) is 0.667. The van der Waals surface area contributed by atoms with Gasteiger partial charge in [0.25, 0.3) is 0 Å². The van der Waals surface area contributed by atoms with Crippen LogP contribution in [0, 0.1) is 16.1 Å². The Labute approximate surface area is 153 Å². The van der Waals surface area contributed by atoms with Crippen LogP contribution in [-0.2, 0) is 13.0 Å². The molecule has 0 bridgehead atoms. The molecule has 2 atom stereocenters. The summed E-state index contributed by atoms with van der Waals surface area (Å²) in [6.07, 6.45) is 8.07. The van der Waals surface area contributed by atoms with Crippen molar-refractivity contribution in [3.8, 4) is 0 Å². The number of aromatic nitrogens is 5. The maximum atomic E-state index is 11.6. The van der Waals surface area contributed by atoms with Crippen LogP contribution in [-0.4, -0.2) is 35.4 Å². The fourth-order valence-corrected chi connectivity index (χ4v) is 4.01. The first-order chi connectivity index (χ1) is 11.7. The molecule has 0 aliphatic heterocycles. The van der Waals surface area contributed by atoms with Crippen LogP contribution in [0.3, 0.4) is 0 Å². The van der Waals surface area contributed by atoms with Gasteiger partial charge < -0.3 is 5.11 Å². The lowest BCUT2D eigenvalue weighted by Crippen LogP contribution is -2.49. The highest BCUT2D eigenvalue weighted by atomic mass is 32.1. The molecular formula is C18H27N5OS. The van der Waals surface area contributed by atoms with Crippen molar-refractivity contribution in [1.82, 2.24) is 24.7 Å². The van der Waals surface area contributed by atoms with Crippen LogP contribution in [0.5, 0.6) is 0 Å². The van der Waals surface area contributed by atoms with Crippen molar-refractivity contribution in [2.24, 2.45) is 11.3 Å². The van der Waals surface area contributed by atoms with Crippen LogP contribution in [0.15, 0.2) is 18.7 Å². The molecule has 136 valence electrons. The third-order valence-electron chi connectivity index (χ3n) is 5.71. The lowest BCUT2D eigenvalue weighted by molar-refractivity contribution is -0.0909. The highest BCUT2D eigenvalue weighted by molar-refractivity contribution is 7.71. The van der Waals surface area contributed by atoms with Gasteiger partial charge in [-0.05, 0) is 48.4 Å². The summed E-state index contributed by atoms with van der Waals surface area (Å²) >= 11 is 5.24. The molecule has 2 aromatic heterocycles. The predicted molar refractivity (Wildman–Crippen MR) is 98.7 cm³/mol. The summed E-state index contributed by atoms with van der Waals surface area (Å²) in [5.74, 6) is 1.30. The Bertz CT molecular complexity index is 779. The van der Waals surface area contributed by atoms with E-state index < -0.39 is 5.60 Å². The van der Waals surface area contributed by atoms with Gasteiger partial charge in [-0.15, -0.1) is 0 Å². The van der Waals surface area contributed by atoms with Crippen molar-refractivity contribution in [1.29, 1.82) is 0 Å². The molecule has 1 aliphatic rings. The Morgan fingerprint density at radius 3 is 2.56 bits per heavy atom. The van der Waals surface area contributed by atoms with E-state index >= 15 is 0 Å². The Morgan fingerprint density at radius 2 is 2.00 bits per heavy atom. The first kappa shape index (κ1) is 18.2. The molecule has 0 amide bonds. The van der Waals surface area contributed by atoms with E-state index in [1.807, 2.05) is 12.4 Å². The van der Waals surface area contributed by atoms with E-state index in [1.54, 1.807) is 11.0 Å². The van der Waals surface area contributed by atoms with Gasteiger partial charge in [0.2, 0.25) is 4.77 Å². The molecule has 25 heavy (non-hydrogen) atoms. The van der Waals surface area contributed by atoms with Crippen molar-refractivity contribution in [2.75, 3.05) is 0 Å². The molecular weight excluding hydrogens is 334 g/mol. The van der Waals surface area contributed by atoms with Crippen LogP contribution in [0.1, 0.15) is 57.8 Å². The number of nitrogens with zero attached hydrogens (tertiary/aromatic N) is 4. The smallest absolute Gasteiger partial charge is 0.215 e. The summed E-state index contributed by atoms with van der Waals surface area (Å²) in [6, 6.07) is 0. The maximum Gasteiger partial charge on any atom is 0.215 e. The number of aromatic amines is 1. The van der Waals surface area contributed by atoms with Crippen molar-refractivity contribution in [3.63, 3.8) is 0 Å². The molecule has 1 saturated carbocycles.